The number of hydrogen-bond acceptors (Lipinski definition) is 5. The van der Waals surface area contributed by atoms with Gasteiger partial charge >= 0.3 is 6.03 Å². The van der Waals surface area contributed by atoms with E-state index < -0.39 is 12.1 Å². The summed E-state index contributed by atoms with van der Waals surface area (Å²) in [7, 11) is 0. The van der Waals surface area contributed by atoms with Crippen molar-refractivity contribution in [2.75, 3.05) is 17.2 Å². The Balaban J connectivity index is 1.21. The Morgan fingerprint density at radius 3 is 2.59 bits per heavy atom. The molecule has 2 heterocycles. The maximum atomic E-state index is 13.2. The summed E-state index contributed by atoms with van der Waals surface area (Å²) in [6, 6.07) is 21.2. The second kappa shape index (κ2) is 9.57. The summed E-state index contributed by atoms with van der Waals surface area (Å²) in [5, 5.41) is 7.64. The van der Waals surface area contributed by atoms with E-state index in [1.807, 2.05) is 73.7 Å². The monoisotopic (exact) mass is 516 g/mol. The first-order valence-corrected chi connectivity index (χ1v) is 13.0. The Hall–Kier alpha value is -3.82. The van der Waals surface area contributed by atoms with Gasteiger partial charge in [0.2, 0.25) is 5.91 Å². The number of fused-ring (bicyclic) bond motifs is 1. The number of carbonyl (C=O) groups excluding carboxylic acids is 2. The largest absolute Gasteiger partial charge is 0.346 e. The zero-order chi connectivity index (χ0) is 25.5. The highest BCUT2D eigenvalue weighted by Crippen LogP contribution is 2.37. The third kappa shape index (κ3) is 4.80. The van der Waals surface area contributed by atoms with Crippen LogP contribution in [0.25, 0.3) is 21.3 Å². The van der Waals surface area contributed by atoms with Crippen molar-refractivity contribution >= 4 is 44.3 Å². The number of nitrogens with zero attached hydrogens (tertiary/aromatic N) is 2. The van der Waals surface area contributed by atoms with E-state index >= 15 is 0 Å². The maximum Gasteiger partial charge on any atom is 0.346 e. The van der Waals surface area contributed by atoms with E-state index in [2.05, 4.69) is 15.6 Å². The number of hydroxylamine groups is 2. The van der Waals surface area contributed by atoms with Gasteiger partial charge in [0.25, 0.3) is 0 Å². The summed E-state index contributed by atoms with van der Waals surface area (Å²) in [6.45, 7) is 2.43. The Kier molecular flexibility index (Phi) is 6.10. The van der Waals surface area contributed by atoms with Crippen LogP contribution in [0.4, 0.5) is 20.0 Å². The number of aryl methyl sites for hydroxylation is 1. The van der Waals surface area contributed by atoms with Crippen LogP contribution in [0, 0.1) is 12.8 Å². The molecular weight excluding hydrogens is 491 g/mol. The van der Waals surface area contributed by atoms with Gasteiger partial charge in [0.05, 0.1) is 28.8 Å². The molecule has 0 radical (unpaired) electrons. The van der Waals surface area contributed by atoms with Crippen LogP contribution in [0.1, 0.15) is 30.0 Å². The Morgan fingerprint density at radius 1 is 1.05 bits per heavy atom. The lowest BCUT2D eigenvalue weighted by atomic mass is 10.0. The van der Waals surface area contributed by atoms with Gasteiger partial charge in [-0.05, 0) is 53.8 Å². The summed E-state index contributed by atoms with van der Waals surface area (Å²) >= 11 is 1.36. The van der Waals surface area contributed by atoms with Crippen LogP contribution in [-0.2, 0) is 9.63 Å². The molecule has 1 aliphatic heterocycles. The van der Waals surface area contributed by atoms with Crippen molar-refractivity contribution in [3.05, 3.63) is 77.9 Å². The molecule has 3 amide bonds. The number of amides is 3. The van der Waals surface area contributed by atoms with Gasteiger partial charge in [-0.1, -0.05) is 59.9 Å². The van der Waals surface area contributed by atoms with Crippen LogP contribution in [0.2, 0.25) is 0 Å². The highest BCUT2D eigenvalue weighted by molar-refractivity contribution is 7.22. The number of benzene rings is 3. The normalized spacial score (nSPS) is 20.7. The predicted octanol–water partition coefficient (Wildman–Crippen LogP) is 6.48. The number of anilines is 2. The summed E-state index contributed by atoms with van der Waals surface area (Å²) in [5.74, 6) is -0.875. The fraction of sp³-hybridized carbons (Fsp3) is 0.250. The minimum Gasteiger partial charge on any atom is -0.306 e. The molecule has 1 saturated heterocycles. The lowest BCUT2D eigenvalue weighted by Crippen LogP contribution is -2.33. The van der Waals surface area contributed by atoms with E-state index in [-0.39, 0.29) is 24.4 Å². The summed E-state index contributed by atoms with van der Waals surface area (Å²) in [6.07, 6.45) is -0.0225. The average molecular weight is 517 g/mol. The van der Waals surface area contributed by atoms with Gasteiger partial charge in [0.15, 0.2) is 5.13 Å². The van der Waals surface area contributed by atoms with Crippen molar-refractivity contribution in [1.82, 2.24) is 10.0 Å². The first-order chi connectivity index (χ1) is 18.0. The molecule has 7 nitrogen and oxygen atoms in total. The predicted molar refractivity (Wildman–Crippen MR) is 142 cm³/mol. The molecular formula is C28H25FN4O3S. The number of aromatic nitrogens is 1. The average Bonchev–Trinajstić information content (AvgIpc) is 3.28. The zero-order valence-electron chi connectivity index (χ0n) is 20.1. The van der Waals surface area contributed by atoms with Crippen LogP contribution >= 0.6 is 11.3 Å². The highest BCUT2D eigenvalue weighted by atomic mass is 32.1. The van der Waals surface area contributed by atoms with E-state index in [4.69, 9.17) is 4.84 Å². The van der Waals surface area contributed by atoms with Crippen LogP contribution in [0.3, 0.4) is 0 Å². The molecule has 37 heavy (non-hydrogen) atoms. The Labute approximate surface area is 217 Å². The quantitative estimate of drug-likeness (QED) is 0.318. The number of halogens is 1. The molecule has 9 heteroatoms. The SMILES string of the molecule is Cc1ccc(-c2ccc3nc(NC(=O)[C@H]4C[C@H]4F)sc3c2)cc1NC(=O)N1OCCC1c1ccccc1. The zero-order valence-corrected chi connectivity index (χ0v) is 20.9. The highest BCUT2D eigenvalue weighted by Gasteiger charge is 2.43. The Morgan fingerprint density at radius 2 is 1.81 bits per heavy atom. The number of nitrogens with one attached hydrogen (secondary N) is 2. The topological polar surface area (TPSA) is 83.6 Å². The van der Waals surface area contributed by atoms with Gasteiger partial charge < -0.3 is 10.6 Å². The standard InChI is InChI=1S/C28H25FN4O3S/c1-16-7-8-18(13-23(16)31-28(35)33-24(11-12-36-33)17-5-3-2-4-6-17)19-9-10-22-25(14-19)37-27(30-22)32-26(34)20-15-21(20)29/h2-10,13-14,20-21,24H,11-12,15H2,1H3,(H,31,35)(H,30,32,34)/t20-,21+,24?/m0/s1. The summed E-state index contributed by atoms with van der Waals surface area (Å²) in [5.41, 5.74) is 5.32. The van der Waals surface area contributed by atoms with E-state index in [1.165, 1.54) is 16.4 Å². The number of thiazole rings is 1. The molecule has 0 spiro atoms. The van der Waals surface area contributed by atoms with Gasteiger partial charge in [-0.15, -0.1) is 0 Å². The van der Waals surface area contributed by atoms with E-state index in [1.54, 1.807) is 0 Å². The smallest absolute Gasteiger partial charge is 0.306 e. The number of hydrogen-bond donors (Lipinski definition) is 2. The van der Waals surface area contributed by atoms with Gasteiger partial charge in [-0.2, -0.15) is 5.06 Å². The third-order valence-corrected chi connectivity index (χ3v) is 7.70. The van der Waals surface area contributed by atoms with Crippen LogP contribution < -0.4 is 10.6 Å². The maximum absolute atomic E-state index is 13.2. The number of urea groups is 1. The van der Waals surface area contributed by atoms with E-state index in [9.17, 15) is 14.0 Å². The fourth-order valence-electron chi connectivity index (χ4n) is 4.54. The second-order valence-corrected chi connectivity index (χ2v) is 10.4. The number of alkyl halides is 1. The van der Waals surface area contributed by atoms with Gasteiger partial charge in [0.1, 0.15) is 6.17 Å². The van der Waals surface area contributed by atoms with Crippen LogP contribution in [0.15, 0.2) is 66.7 Å². The van der Waals surface area contributed by atoms with Crippen molar-refractivity contribution in [3.63, 3.8) is 0 Å². The molecule has 0 bridgehead atoms. The van der Waals surface area contributed by atoms with Crippen LogP contribution in [-0.4, -0.2) is 34.8 Å². The minimum atomic E-state index is -1.04. The molecule has 188 valence electrons. The minimum absolute atomic E-state index is 0.135. The van der Waals surface area contributed by atoms with Crippen molar-refractivity contribution in [3.8, 4) is 11.1 Å². The molecule has 1 aromatic heterocycles. The lowest BCUT2D eigenvalue weighted by Gasteiger charge is -2.23. The second-order valence-electron chi connectivity index (χ2n) is 9.38. The van der Waals surface area contributed by atoms with E-state index in [0.29, 0.717) is 17.4 Å². The molecule has 1 unspecified atom stereocenters. The molecule has 1 aliphatic carbocycles. The number of carbonyl (C=O) groups is 2. The molecule has 4 aromatic rings. The molecule has 3 atom stereocenters. The first-order valence-electron chi connectivity index (χ1n) is 12.2. The van der Waals surface area contributed by atoms with Gasteiger partial charge in [0, 0.05) is 12.1 Å². The third-order valence-electron chi connectivity index (χ3n) is 6.77. The molecule has 2 N–H and O–H groups in total. The first kappa shape index (κ1) is 23.6. The van der Waals surface area contributed by atoms with Gasteiger partial charge in [-0.25, -0.2) is 14.2 Å². The fourth-order valence-corrected chi connectivity index (χ4v) is 5.45. The molecule has 1 saturated carbocycles. The molecule has 2 aliphatic rings. The molecule has 2 fully saturated rings. The van der Waals surface area contributed by atoms with Crippen molar-refractivity contribution in [2.45, 2.75) is 32.0 Å². The molecule has 6 rings (SSSR count). The van der Waals surface area contributed by atoms with Crippen molar-refractivity contribution in [2.24, 2.45) is 5.92 Å². The van der Waals surface area contributed by atoms with E-state index in [0.717, 1.165) is 38.9 Å². The van der Waals surface area contributed by atoms with Crippen molar-refractivity contribution < 1.29 is 18.8 Å². The molecule has 3 aromatic carbocycles. The number of rotatable bonds is 5. The summed E-state index contributed by atoms with van der Waals surface area (Å²) < 4.78 is 14.1. The Bertz CT molecular complexity index is 1490. The van der Waals surface area contributed by atoms with Crippen LogP contribution in [0.5, 0.6) is 0 Å². The lowest BCUT2D eigenvalue weighted by molar-refractivity contribution is -0.117. The van der Waals surface area contributed by atoms with Gasteiger partial charge in [-0.3, -0.25) is 9.63 Å². The summed E-state index contributed by atoms with van der Waals surface area (Å²) in [4.78, 5) is 35.4. The van der Waals surface area contributed by atoms with Crippen molar-refractivity contribution in [1.29, 1.82) is 0 Å².